The van der Waals surface area contributed by atoms with E-state index in [0.29, 0.717) is 33.2 Å². The zero-order valence-electron chi connectivity index (χ0n) is 40.4. The first kappa shape index (κ1) is 55.0. The SMILES string of the molecule is CC(C)C[C@H](NC(=O)[C@@H](N)Cc1ccc(O)cc1)C(=O)N[C@@H](Cc1ccc(O)cc1)C(=O)N[C@@H](Cc1c[nH]c2ccccc12)C(=O)N[C@@H](CO)C(=O)N[C@@H](Cc1ccc(O)cc1)C(=O)N[C@H](C(=O)O)C(C)C. The molecule has 1 aromatic heterocycles. The van der Waals surface area contributed by atoms with Crippen LogP contribution in [-0.4, -0.2) is 121 Å². The summed E-state index contributed by atoms with van der Waals surface area (Å²) in [4.78, 5) is 99.5. The Labute approximate surface area is 416 Å². The van der Waals surface area contributed by atoms with Gasteiger partial charge in [-0.2, -0.15) is 0 Å². The molecule has 14 N–H and O–H groups in total. The molecule has 0 saturated heterocycles. The van der Waals surface area contributed by atoms with E-state index in [0.717, 1.165) is 0 Å². The highest BCUT2D eigenvalue weighted by atomic mass is 16.4. The van der Waals surface area contributed by atoms with Crippen LogP contribution in [0.4, 0.5) is 0 Å². The van der Waals surface area contributed by atoms with Crippen molar-refractivity contribution >= 4 is 52.3 Å². The topological polar surface area (TPSA) is 335 Å². The van der Waals surface area contributed by atoms with Crippen molar-refractivity contribution in [3.8, 4) is 17.2 Å². The molecule has 0 spiro atoms. The molecule has 7 atom stereocenters. The maximum absolute atomic E-state index is 14.6. The number of hydrogen-bond donors (Lipinski definition) is 13. The molecule has 0 fully saturated rings. The Hall–Kier alpha value is -7.97. The summed E-state index contributed by atoms with van der Waals surface area (Å²) < 4.78 is 0. The quantitative estimate of drug-likeness (QED) is 0.0396. The Balaban J connectivity index is 1.42. The summed E-state index contributed by atoms with van der Waals surface area (Å²) in [7, 11) is 0. The molecule has 72 heavy (non-hydrogen) atoms. The predicted molar refractivity (Wildman–Crippen MR) is 266 cm³/mol. The number of para-hydroxylation sites is 1. The van der Waals surface area contributed by atoms with Gasteiger partial charge in [-0.25, -0.2) is 4.79 Å². The van der Waals surface area contributed by atoms with E-state index in [9.17, 15) is 59.1 Å². The van der Waals surface area contributed by atoms with Crippen LogP contribution in [0.3, 0.4) is 0 Å². The smallest absolute Gasteiger partial charge is 0.326 e. The van der Waals surface area contributed by atoms with Crippen molar-refractivity contribution in [1.82, 2.24) is 36.9 Å². The molecular weight excluding hydrogens is 929 g/mol. The monoisotopic (exact) mass is 992 g/mol. The number of amides is 6. The number of nitrogens with one attached hydrogen (secondary N) is 7. The summed E-state index contributed by atoms with van der Waals surface area (Å²) in [6.45, 7) is 5.86. The number of H-pyrrole nitrogens is 1. The van der Waals surface area contributed by atoms with E-state index < -0.39 is 96.2 Å². The van der Waals surface area contributed by atoms with Gasteiger partial charge in [0.15, 0.2) is 0 Å². The fourth-order valence-corrected chi connectivity index (χ4v) is 7.89. The number of aliphatic hydroxyl groups excluding tert-OH is 1. The molecule has 4 aromatic carbocycles. The second-order valence-electron chi connectivity index (χ2n) is 18.5. The van der Waals surface area contributed by atoms with E-state index in [4.69, 9.17) is 5.73 Å². The second-order valence-corrected chi connectivity index (χ2v) is 18.5. The molecule has 0 radical (unpaired) electrons. The lowest BCUT2D eigenvalue weighted by Crippen LogP contribution is -2.61. The largest absolute Gasteiger partial charge is 0.508 e. The summed E-state index contributed by atoms with van der Waals surface area (Å²) in [5.74, 6) is -7.17. The number of fused-ring (bicyclic) bond motifs is 1. The Bertz CT molecular complexity index is 2660. The van der Waals surface area contributed by atoms with E-state index in [-0.39, 0.29) is 55.3 Å². The zero-order valence-corrected chi connectivity index (χ0v) is 40.4. The lowest BCUT2D eigenvalue weighted by molar-refractivity contribution is -0.143. The number of aromatic hydroxyl groups is 3. The average molecular weight is 993 g/mol. The van der Waals surface area contributed by atoms with Gasteiger partial charge < -0.3 is 68.2 Å². The van der Waals surface area contributed by atoms with Crippen molar-refractivity contribution in [3.05, 3.63) is 126 Å². The number of nitrogens with two attached hydrogens (primary N) is 1. The highest BCUT2D eigenvalue weighted by molar-refractivity contribution is 5.98. The molecule has 20 heteroatoms. The van der Waals surface area contributed by atoms with Gasteiger partial charge >= 0.3 is 5.97 Å². The van der Waals surface area contributed by atoms with Crippen LogP contribution >= 0.6 is 0 Å². The maximum Gasteiger partial charge on any atom is 0.326 e. The molecule has 5 aromatic rings. The van der Waals surface area contributed by atoms with E-state index in [1.807, 2.05) is 13.8 Å². The Kier molecular flexibility index (Phi) is 19.7. The highest BCUT2D eigenvalue weighted by Gasteiger charge is 2.35. The third kappa shape index (κ3) is 16.0. The van der Waals surface area contributed by atoms with Crippen LogP contribution in [0.15, 0.2) is 103 Å². The molecule has 384 valence electrons. The van der Waals surface area contributed by atoms with E-state index in [1.165, 1.54) is 60.7 Å². The van der Waals surface area contributed by atoms with Crippen molar-refractivity contribution in [1.29, 1.82) is 0 Å². The van der Waals surface area contributed by atoms with Crippen LogP contribution in [0.1, 0.15) is 56.4 Å². The van der Waals surface area contributed by atoms with Crippen molar-refractivity contribution in [2.45, 2.75) is 102 Å². The number of aliphatic carboxylic acids is 1. The highest BCUT2D eigenvalue weighted by Crippen LogP contribution is 2.21. The number of aromatic amines is 1. The summed E-state index contributed by atoms with van der Waals surface area (Å²) in [6, 6.07) is 15.3. The van der Waals surface area contributed by atoms with Crippen molar-refractivity contribution < 1.29 is 59.1 Å². The fourth-order valence-electron chi connectivity index (χ4n) is 7.89. The van der Waals surface area contributed by atoms with Crippen LogP contribution in [0.5, 0.6) is 17.2 Å². The minimum atomic E-state index is -1.72. The zero-order chi connectivity index (χ0) is 52.6. The number of benzene rings is 4. The second kappa shape index (κ2) is 25.8. The molecule has 20 nitrogen and oxygen atoms in total. The van der Waals surface area contributed by atoms with E-state index in [1.54, 1.807) is 56.4 Å². The van der Waals surface area contributed by atoms with Gasteiger partial charge in [0.2, 0.25) is 35.4 Å². The predicted octanol–water partition coefficient (Wildman–Crippen LogP) is 1.57. The van der Waals surface area contributed by atoms with Gasteiger partial charge in [0.05, 0.1) is 12.6 Å². The van der Waals surface area contributed by atoms with Crippen LogP contribution in [-0.2, 0) is 59.2 Å². The van der Waals surface area contributed by atoms with Crippen molar-refractivity contribution in [2.24, 2.45) is 17.6 Å². The number of carbonyl (C=O) groups excluding carboxylic acids is 6. The third-order valence-corrected chi connectivity index (χ3v) is 11.9. The van der Waals surface area contributed by atoms with Crippen LogP contribution in [0, 0.1) is 11.8 Å². The molecular formula is C52H64N8O12. The summed E-state index contributed by atoms with van der Waals surface area (Å²) in [6.07, 6.45) is 1.35. The normalized spacial score (nSPS) is 14.2. The van der Waals surface area contributed by atoms with Gasteiger partial charge in [-0.3, -0.25) is 28.8 Å². The van der Waals surface area contributed by atoms with Crippen LogP contribution < -0.4 is 37.6 Å². The molecule has 0 unspecified atom stereocenters. The maximum atomic E-state index is 14.6. The first-order chi connectivity index (χ1) is 34.2. The number of carboxylic acid groups (broad SMARTS) is 1. The molecule has 5 rings (SSSR count). The minimum Gasteiger partial charge on any atom is -0.508 e. The van der Waals surface area contributed by atoms with Gasteiger partial charge in [-0.05, 0) is 89.4 Å². The third-order valence-electron chi connectivity index (χ3n) is 11.9. The van der Waals surface area contributed by atoms with Crippen LogP contribution in [0.2, 0.25) is 0 Å². The lowest BCUT2D eigenvalue weighted by Gasteiger charge is -2.28. The first-order valence-corrected chi connectivity index (χ1v) is 23.5. The number of carboxylic acids is 1. The standard InChI is InChI=1S/C52H64N8O12/c1-28(2)21-40(55-46(65)38(53)22-30-9-15-34(62)16-10-30)47(66)56-41(23-31-11-17-35(63)18-12-31)48(67)58-43(25-33-26-54-39-8-6-5-7-37(33)39)49(68)59-44(27-61)51(70)57-42(24-32-13-19-36(64)20-14-32)50(69)60-45(29(3)4)52(71)72/h5-20,26,28-29,38,40-45,54,61-64H,21-25,27,53H2,1-4H3,(H,55,65)(H,56,66)(H,57,70)(H,58,67)(H,59,68)(H,60,69)(H,71,72)/t38-,40-,41-,42-,43-,44-,45-/m0/s1. The van der Waals surface area contributed by atoms with Gasteiger partial charge in [-0.15, -0.1) is 0 Å². The van der Waals surface area contributed by atoms with Gasteiger partial charge in [0, 0.05) is 36.4 Å². The summed E-state index contributed by atoms with van der Waals surface area (Å²) in [5.41, 5.74) is 9.18. The number of rotatable bonds is 25. The van der Waals surface area contributed by atoms with Gasteiger partial charge in [0.25, 0.3) is 0 Å². The summed E-state index contributed by atoms with van der Waals surface area (Å²) in [5, 5.41) is 66.2. The molecule has 0 aliphatic rings. The van der Waals surface area contributed by atoms with Gasteiger partial charge in [0.1, 0.15) is 53.5 Å². The van der Waals surface area contributed by atoms with Gasteiger partial charge in [-0.1, -0.05) is 82.3 Å². The number of hydrogen-bond acceptors (Lipinski definition) is 12. The minimum absolute atomic E-state index is 0.0368. The van der Waals surface area contributed by atoms with E-state index in [2.05, 4.69) is 36.9 Å². The fraction of sp³-hybridized carbons (Fsp3) is 0.365. The average Bonchev–Trinajstić information content (AvgIpc) is 3.75. The van der Waals surface area contributed by atoms with E-state index >= 15 is 0 Å². The molecule has 1 heterocycles. The van der Waals surface area contributed by atoms with Crippen molar-refractivity contribution in [3.63, 3.8) is 0 Å². The molecule has 6 amide bonds. The molecule has 0 aliphatic heterocycles. The van der Waals surface area contributed by atoms with Crippen molar-refractivity contribution in [2.75, 3.05) is 6.61 Å². The first-order valence-electron chi connectivity index (χ1n) is 23.5. The number of phenols is 3. The van der Waals surface area contributed by atoms with Crippen LogP contribution in [0.25, 0.3) is 10.9 Å². The molecule has 0 aliphatic carbocycles. The number of aliphatic hydroxyl groups is 1. The Morgan fingerprint density at radius 2 is 0.917 bits per heavy atom. The Morgan fingerprint density at radius 1 is 0.514 bits per heavy atom. The number of carbonyl (C=O) groups is 7. The lowest BCUT2D eigenvalue weighted by atomic mass is 9.99. The number of aromatic nitrogens is 1. The molecule has 0 bridgehead atoms. The molecule has 0 saturated carbocycles. The summed E-state index contributed by atoms with van der Waals surface area (Å²) >= 11 is 0. The Morgan fingerprint density at radius 3 is 1.38 bits per heavy atom. The number of phenolic OH excluding ortho intramolecular Hbond substituents is 3.